The fourth-order valence-corrected chi connectivity index (χ4v) is 7.59. The topological polar surface area (TPSA) is 64.1 Å². The standard InChI is InChI=1S/3C16H17N/c1-3-7-13(8-4-1)12-17-16-11-15(16)14-9-5-2-6-10-14;2*17-16(11-13-7-3-1-4-8-13)12-15(16)14-9-5-2-6-10-14/h1-10,15-17H,11-12H2;2*1-10,15H,11-12,17H2/t;2*15-,16-/m.10/s1. The Morgan fingerprint density at radius 1 is 0.431 bits per heavy atom. The first kappa shape index (κ1) is 34.6. The third kappa shape index (κ3) is 9.51. The molecule has 258 valence electrons. The largest absolute Gasteiger partial charge is 0.324 e. The van der Waals surface area contributed by atoms with E-state index < -0.39 is 0 Å². The van der Waals surface area contributed by atoms with Gasteiger partial charge in [-0.25, -0.2) is 0 Å². The molecule has 0 radical (unpaired) electrons. The summed E-state index contributed by atoms with van der Waals surface area (Å²) in [7, 11) is 0. The summed E-state index contributed by atoms with van der Waals surface area (Å²) in [4.78, 5) is 0. The first-order chi connectivity index (χ1) is 25.0. The lowest BCUT2D eigenvalue weighted by Gasteiger charge is -2.11. The smallest absolute Gasteiger partial charge is 0.0271 e. The number of nitrogens with one attached hydrogen (secondary N) is 1. The number of hydrogen-bond acceptors (Lipinski definition) is 3. The molecule has 0 heterocycles. The molecule has 6 atom stereocenters. The van der Waals surface area contributed by atoms with Gasteiger partial charge in [0.15, 0.2) is 0 Å². The van der Waals surface area contributed by atoms with Crippen molar-refractivity contribution in [1.29, 1.82) is 0 Å². The Bertz CT molecular complexity index is 1800. The molecule has 0 amide bonds. The summed E-state index contributed by atoms with van der Waals surface area (Å²) in [6.45, 7) is 0.981. The lowest BCUT2D eigenvalue weighted by atomic mass is 10.00. The van der Waals surface area contributed by atoms with Gasteiger partial charge in [0, 0.05) is 41.4 Å². The summed E-state index contributed by atoms with van der Waals surface area (Å²) >= 11 is 0. The van der Waals surface area contributed by atoms with Crippen molar-refractivity contribution < 1.29 is 0 Å². The Hall–Kier alpha value is -4.80. The van der Waals surface area contributed by atoms with Gasteiger partial charge in [0.05, 0.1) is 0 Å². The molecule has 3 heteroatoms. The van der Waals surface area contributed by atoms with Crippen molar-refractivity contribution in [2.24, 2.45) is 11.5 Å². The van der Waals surface area contributed by atoms with Crippen LogP contribution >= 0.6 is 0 Å². The molecule has 0 aliphatic heterocycles. The number of hydrogen-bond donors (Lipinski definition) is 3. The molecule has 0 bridgehead atoms. The van der Waals surface area contributed by atoms with Gasteiger partial charge in [-0.15, -0.1) is 0 Å². The average molecular weight is 670 g/mol. The van der Waals surface area contributed by atoms with Crippen molar-refractivity contribution in [3.8, 4) is 0 Å². The molecular weight excluding hydrogens is 619 g/mol. The van der Waals surface area contributed by atoms with Crippen LogP contribution in [0.25, 0.3) is 0 Å². The maximum atomic E-state index is 6.45. The van der Waals surface area contributed by atoms with Gasteiger partial charge in [-0.2, -0.15) is 0 Å². The molecule has 0 spiro atoms. The third-order valence-corrected chi connectivity index (χ3v) is 10.8. The zero-order valence-electron chi connectivity index (χ0n) is 29.5. The Kier molecular flexibility index (Phi) is 10.9. The molecular formula is C48H51N3. The van der Waals surface area contributed by atoms with Gasteiger partial charge in [-0.1, -0.05) is 182 Å². The normalized spacial score (nSPS) is 25.3. The molecule has 6 aromatic rings. The molecule has 3 aliphatic rings. The fraction of sp³-hybridized carbons (Fsp3) is 0.250. The van der Waals surface area contributed by atoms with Crippen LogP contribution in [0.4, 0.5) is 0 Å². The van der Waals surface area contributed by atoms with Gasteiger partial charge in [0.2, 0.25) is 0 Å². The van der Waals surface area contributed by atoms with Gasteiger partial charge in [-0.3, -0.25) is 0 Å². The van der Waals surface area contributed by atoms with Crippen molar-refractivity contribution in [3.63, 3.8) is 0 Å². The first-order valence-electron chi connectivity index (χ1n) is 18.6. The van der Waals surface area contributed by atoms with Gasteiger partial charge in [0.25, 0.3) is 0 Å². The van der Waals surface area contributed by atoms with Crippen LogP contribution in [0.15, 0.2) is 182 Å². The summed E-state index contributed by atoms with van der Waals surface area (Å²) in [6, 6.07) is 64.4. The summed E-state index contributed by atoms with van der Waals surface area (Å²) in [5.74, 6) is 1.78. The van der Waals surface area contributed by atoms with Crippen molar-refractivity contribution in [3.05, 3.63) is 215 Å². The first-order valence-corrected chi connectivity index (χ1v) is 18.6. The van der Waals surface area contributed by atoms with Crippen LogP contribution in [0, 0.1) is 0 Å². The van der Waals surface area contributed by atoms with Crippen molar-refractivity contribution in [2.45, 2.75) is 73.5 Å². The third-order valence-electron chi connectivity index (χ3n) is 10.8. The lowest BCUT2D eigenvalue weighted by Crippen LogP contribution is -2.27. The van der Waals surface area contributed by atoms with Crippen molar-refractivity contribution >= 4 is 0 Å². The number of rotatable bonds is 10. The van der Waals surface area contributed by atoms with E-state index in [0.29, 0.717) is 17.9 Å². The van der Waals surface area contributed by atoms with Crippen molar-refractivity contribution in [1.82, 2.24) is 5.32 Å². The Labute approximate surface area is 304 Å². The molecule has 51 heavy (non-hydrogen) atoms. The van der Waals surface area contributed by atoms with Crippen LogP contribution in [0.5, 0.6) is 0 Å². The monoisotopic (exact) mass is 669 g/mol. The van der Waals surface area contributed by atoms with E-state index in [9.17, 15) is 0 Å². The van der Waals surface area contributed by atoms with E-state index in [2.05, 4.69) is 175 Å². The summed E-state index contributed by atoms with van der Waals surface area (Å²) < 4.78 is 0. The summed E-state index contributed by atoms with van der Waals surface area (Å²) in [5.41, 5.74) is 21.1. The van der Waals surface area contributed by atoms with Crippen LogP contribution < -0.4 is 16.8 Å². The minimum absolute atomic E-state index is 0.0251. The minimum atomic E-state index is -0.0251. The van der Waals surface area contributed by atoms with E-state index in [-0.39, 0.29) is 11.1 Å². The molecule has 9 rings (SSSR count). The Morgan fingerprint density at radius 2 is 0.765 bits per heavy atom. The molecule has 0 aromatic heterocycles. The molecule has 6 aromatic carbocycles. The molecule has 2 unspecified atom stereocenters. The molecule has 5 N–H and O–H groups in total. The molecule has 0 saturated heterocycles. The van der Waals surface area contributed by atoms with E-state index in [1.807, 2.05) is 12.1 Å². The maximum Gasteiger partial charge on any atom is 0.0271 e. The Morgan fingerprint density at radius 3 is 1.16 bits per heavy atom. The second-order valence-corrected chi connectivity index (χ2v) is 14.9. The van der Waals surface area contributed by atoms with Crippen LogP contribution in [-0.2, 0) is 19.4 Å². The molecule has 3 saturated carbocycles. The maximum absolute atomic E-state index is 6.45. The van der Waals surface area contributed by atoms with Crippen LogP contribution in [0.2, 0.25) is 0 Å². The predicted molar refractivity (Wildman–Crippen MR) is 213 cm³/mol. The highest BCUT2D eigenvalue weighted by molar-refractivity contribution is 5.37. The van der Waals surface area contributed by atoms with Crippen LogP contribution in [-0.4, -0.2) is 17.1 Å². The quantitative estimate of drug-likeness (QED) is 0.136. The molecule has 3 aliphatic carbocycles. The van der Waals surface area contributed by atoms with Gasteiger partial charge in [0.1, 0.15) is 0 Å². The summed E-state index contributed by atoms with van der Waals surface area (Å²) in [5, 5.41) is 3.62. The molecule has 3 fully saturated rings. The fourth-order valence-electron chi connectivity index (χ4n) is 7.59. The summed E-state index contributed by atoms with van der Waals surface area (Å²) in [6.07, 6.45) is 5.44. The second kappa shape index (κ2) is 16.0. The highest BCUT2D eigenvalue weighted by Gasteiger charge is 2.52. The van der Waals surface area contributed by atoms with Crippen molar-refractivity contribution in [2.75, 3.05) is 0 Å². The van der Waals surface area contributed by atoms with Gasteiger partial charge >= 0.3 is 0 Å². The van der Waals surface area contributed by atoms with E-state index in [0.717, 1.165) is 38.1 Å². The average Bonchev–Trinajstić information content (AvgIpc) is 4.14. The van der Waals surface area contributed by atoms with E-state index in [1.165, 1.54) is 39.8 Å². The van der Waals surface area contributed by atoms with Crippen LogP contribution in [0.3, 0.4) is 0 Å². The van der Waals surface area contributed by atoms with Gasteiger partial charge < -0.3 is 16.8 Å². The van der Waals surface area contributed by atoms with E-state index in [4.69, 9.17) is 11.5 Å². The SMILES string of the molecule is N[C@@]1(Cc2ccccc2)C[C@H]1c1ccccc1.N[C@]1(Cc2ccccc2)C[C@@H]1c1ccccc1.c1ccc(CNC2CC2c2ccccc2)cc1. The van der Waals surface area contributed by atoms with Gasteiger partial charge in [-0.05, 0) is 65.5 Å². The Balaban J connectivity index is 0.000000119. The second-order valence-electron chi connectivity index (χ2n) is 14.9. The highest BCUT2D eigenvalue weighted by atomic mass is 15.0. The lowest BCUT2D eigenvalue weighted by molar-refractivity contribution is 0.646. The molecule has 3 nitrogen and oxygen atoms in total. The number of nitrogens with two attached hydrogens (primary N) is 2. The predicted octanol–water partition coefficient (Wildman–Crippen LogP) is 9.56. The van der Waals surface area contributed by atoms with E-state index in [1.54, 1.807) is 0 Å². The minimum Gasteiger partial charge on any atom is -0.324 e. The number of benzene rings is 6. The zero-order valence-corrected chi connectivity index (χ0v) is 29.5. The highest BCUT2D eigenvalue weighted by Crippen LogP contribution is 2.52. The van der Waals surface area contributed by atoms with Crippen LogP contribution in [0.1, 0.15) is 70.4 Å². The zero-order chi connectivity index (χ0) is 34.9. The van der Waals surface area contributed by atoms with E-state index >= 15 is 0 Å².